The van der Waals surface area contributed by atoms with Crippen molar-refractivity contribution in [2.24, 2.45) is 0 Å². The third kappa shape index (κ3) is 4.95. The summed E-state index contributed by atoms with van der Waals surface area (Å²) in [7, 11) is 3.19. The van der Waals surface area contributed by atoms with Crippen molar-refractivity contribution in [3.63, 3.8) is 0 Å². The number of nitrogens with zero attached hydrogens (tertiary/aromatic N) is 6. The molecule has 1 aromatic carbocycles. The van der Waals surface area contributed by atoms with Crippen molar-refractivity contribution >= 4 is 40.4 Å². The van der Waals surface area contributed by atoms with E-state index in [-0.39, 0.29) is 23.5 Å². The van der Waals surface area contributed by atoms with E-state index in [1.54, 1.807) is 42.7 Å². The summed E-state index contributed by atoms with van der Waals surface area (Å²) in [6.45, 7) is 8.24. The smallest absolute Gasteiger partial charge is 0.410 e. The predicted molar refractivity (Wildman–Crippen MR) is 138 cm³/mol. The summed E-state index contributed by atoms with van der Waals surface area (Å²) >= 11 is 0. The van der Waals surface area contributed by atoms with E-state index in [0.717, 1.165) is 18.4 Å². The molecule has 4 rings (SSSR count). The fourth-order valence-electron chi connectivity index (χ4n) is 4.30. The molecular formula is C25H30N8O4. The quantitative estimate of drug-likeness (QED) is 0.502. The highest BCUT2D eigenvalue weighted by Crippen LogP contribution is 2.31. The molecule has 3 aromatic rings. The Kier molecular flexibility index (Phi) is 7.09. The van der Waals surface area contributed by atoms with Gasteiger partial charge < -0.3 is 25.6 Å². The number of likely N-dealkylation sites (tertiary alicyclic amines) is 1. The first kappa shape index (κ1) is 25.6. The van der Waals surface area contributed by atoms with Crippen LogP contribution >= 0.6 is 0 Å². The van der Waals surface area contributed by atoms with Crippen LogP contribution in [0.25, 0.3) is 11.0 Å². The summed E-state index contributed by atoms with van der Waals surface area (Å²) in [5.74, 6) is -0.105. The van der Waals surface area contributed by atoms with E-state index in [9.17, 15) is 14.4 Å². The highest BCUT2D eigenvalue weighted by molar-refractivity contribution is 6.13. The fourth-order valence-corrected chi connectivity index (χ4v) is 4.30. The SMILES string of the molecule is C=CC(=O)N1CCC[C@@H](n2nc(C(=O)Nc3ccc(OC(=O)N(C)C)c(C)c3C)c3c(N)ncnc32)C1. The summed E-state index contributed by atoms with van der Waals surface area (Å²) in [5, 5.41) is 7.83. The third-order valence-corrected chi connectivity index (χ3v) is 6.51. The zero-order valence-corrected chi connectivity index (χ0v) is 21.3. The van der Waals surface area contributed by atoms with E-state index in [1.807, 2.05) is 6.92 Å². The number of nitrogens with one attached hydrogen (secondary N) is 1. The number of amides is 3. The third-order valence-electron chi connectivity index (χ3n) is 6.51. The molecule has 12 heteroatoms. The number of fused-ring (bicyclic) bond motifs is 1. The minimum absolute atomic E-state index is 0.0837. The molecule has 0 saturated carbocycles. The van der Waals surface area contributed by atoms with Crippen molar-refractivity contribution in [1.82, 2.24) is 29.5 Å². The molecule has 1 aliphatic rings. The van der Waals surface area contributed by atoms with Crippen LogP contribution in [0.3, 0.4) is 0 Å². The van der Waals surface area contributed by atoms with Crippen LogP contribution in [-0.2, 0) is 4.79 Å². The number of ether oxygens (including phenoxy) is 1. The van der Waals surface area contributed by atoms with Gasteiger partial charge >= 0.3 is 6.09 Å². The molecule has 0 unspecified atom stereocenters. The van der Waals surface area contributed by atoms with Crippen LogP contribution in [-0.4, -0.2) is 74.6 Å². The van der Waals surface area contributed by atoms with Crippen molar-refractivity contribution < 1.29 is 19.1 Å². The normalized spacial score (nSPS) is 15.4. The highest BCUT2D eigenvalue weighted by atomic mass is 16.6. The summed E-state index contributed by atoms with van der Waals surface area (Å²) in [6, 6.07) is 3.10. The monoisotopic (exact) mass is 506 g/mol. The molecule has 3 N–H and O–H groups in total. The van der Waals surface area contributed by atoms with Crippen LogP contribution < -0.4 is 15.8 Å². The lowest BCUT2D eigenvalue weighted by atomic mass is 10.1. The lowest BCUT2D eigenvalue weighted by Crippen LogP contribution is -2.40. The molecule has 1 fully saturated rings. The number of carbonyl (C=O) groups excluding carboxylic acids is 3. The van der Waals surface area contributed by atoms with Gasteiger partial charge in [-0.05, 0) is 56.0 Å². The lowest BCUT2D eigenvalue weighted by Gasteiger charge is -2.32. The van der Waals surface area contributed by atoms with Gasteiger partial charge in [0.2, 0.25) is 5.91 Å². The van der Waals surface area contributed by atoms with Gasteiger partial charge in [0.25, 0.3) is 5.91 Å². The van der Waals surface area contributed by atoms with Crippen LogP contribution in [0.5, 0.6) is 5.75 Å². The van der Waals surface area contributed by atoms with Gasteiger partial charge in [0.1, 0.15) is 17.9 Å². The van der Waals surface area contributed by atoms with Gasteiger partial charge in [-0.3, -0.25) is 9.59 Å². The van der Waals surface area contributed by atoms with Gasteiger partial charge in [-0.2, -0.15) is 5.10 Å². The molecule has 1 aliphatic heterocycles. The van der Waals surface area contributed by atoms with E-state index in [1.165, 1.54) is 17.3 Å². The average Bonchev–Trinajstić information content (AvgIpc) is 3.29. The minimum Gasteiger partial charge on any atom is -0.410 e. The van der Waals surface area contributed by atoms with Crippen LogP contribution in [0.15, 0.2) is 31.1 Å². The number of hydrogen-bond acceptors (Lipinski definition) is 8. The first-order valence-electron chi connectivity index (χ1n) is 11.8. The first-order chi connectivity index (χ1) is 17.6. The topological polar surface area (TPSA) is 149 Å². The maximum Gasteiger partial charge on any atom is 0.414 e. The molecular weight excluding hydrogens is 476 g/mol. The zero-order chi connectivity index (χ0) is 26.9. The van der Waals surface area contributed by atoms with Crippen molar-refractivity contribution in [2.45, 2.75) is 32.7 Å². The molecule has 194 valence electrons. The van der Waals surface area contributed by atoms with Gasteiger partial charge in [-0.25, -0.2) is 19.4 Å². The second-order valence-corrected chi connectivity index (χ2v) is 9.11. The Balaban J connectivity index is 1.66. The summed E-state index contributed by atoms with van der Waals surface area (Å²) in [5.41, 5.74) is 8.64. The van der Waals surface area contributed by atoms with Gasteiger partial charge in [0.05, 0.1) is 11.4 Å². The standard InChI is InChI=1S/C25H30N8O4/c1-6-19(34)32-11-7-8-16(12-32)33-23-20(22(26)27-13-28-23)21(30-33)24(35)29-17-9-10-18(15(3)14(17)2)37-25(36)31(4)5/h6,9-10,13,16H,1,7-8,11-12H2,2-5H3,(H,29,35)(H2,26,27,28)/t16-/m1/s1. The number of benzene rings is 1. The Bertz CT molecular complexity index is 1400. The van der Waals surface area contributed by atoms with Crippen LogP contribution in [0.1, 0.15) is 40.5 Å². The fraction of sp³-hybridized carbons (Fsp3) is 0.360. The Morgan fingerprint density at radius 3 is 2.68 bits per heavy atom. The van der Waals surface area contributed by atoms with E-state index in [0.29, 0.717) is 41.1 Å². The molecule has 1 saturated heterocycles. The minimum atomic E-state index is -0.497. The number of nitrogen functional groups attached to an aromatic ring is 1. The summed E-state index contributed by atoms with van der Waals surface area (Å²) in [4.78, 5) is 49.0. The van der Waals surface area contributed by atoms with Gasteiger partial charge in [-0.1, -0.05) is 6.58 Å². The number of aromatic nitrogens is 4. The Hall–Kier alpha value is -4.48. The maximum absolute atomic E-state index is 13.4. The number of hydrogen-bond donors (Lipinski definition) is 2. The number of carbonyl (C=O) groups is 3. The molecule has 3 amide bonds. The number of anilines is 2. The maximum atomic E-state index is 13.4. The molecule has 1 atom stereocenters. The van der Waals surface area contributed by atoms with Crippen LogP contribution in [0.4, 0.5) is 16.3 Å². The van der Waals surface area contributed by atoms with Crippen molar-refractivity contribution in [3.8, 4) is 5.75 Å². The highest BCUT2D eigenvalue weighted by Gasteiger charge is 2.29. The van der Waals surface area contributed by atoms with Gasteiger partial charge in [0.15, 0.2) is 11.3 Å². The predicted octanol–water partition coefficient (Wildman–Crippen LogP) is 2.69. The van der Waals surface area contributed by atoms with E-state index in [2.05, 4.69) is 27.0 Å². The van der Waals surface area contributed by atoms with E-state index < -0.39 is 12.0 Å². The summed E-state index contributed by atoms with van der Waals surface area (Å²) < 4.78 is 7.06. The van der Waals surface area contributed by atoms with Crippen LogP contribution in [0.2, 0.25) is 0 Å². The Labute approximate surface area is 214 Å². The van der Waals surface area contributed by atoms with E-state index >= 15 is 0 Å². The molecule has 2 aromatic heterocycles. The molecule has 0 radical (unpaired) electrons. The molecule has 0 spiro atoms. The molecule has 12 nitrogen and oxygen atoms in total. The summed E-state index contributed by atoms with van der Waals surface area (Å²) in [6.07, 6.45) is 3.65. The van der Waals surface area contributed by atoms with Gasteiger partial charge in [0, 0.05) is 32.9 Å². The largest absolute Gasteiger partial charge is 0.414 e. The number of rotatable bonds is 5. The van der Waals surface area contributed by atoms with Crippen molar-refractivity contribution in [1.29, 1.82) is 0 Å². The molecule has 37 heavy (non-hydrogen) atoms. The number of piperidine rings is 1. The van der Waals surface area contributed by atoms with Crippen molar-refractivity contribution in [3.05, 3.63) is 47.9 Å². The molecule has 0 bridgehead atoms. The average molecular weight is 507 g/mol. The second-order valence-electron chi connectivity index (χ2n) is 9.11. The Morgan fingerprint density at radius 1 is 1.22 bits per heavy atom. The first-order valence-corrected chi connectivity index (χ1v) is 11.8. The number of nitrogens with two attached hydrogens (primary N) is 1. The molecule has 3 heterocycles. The van der Waals surface area contributed by atoms with E-state index in [4.69, 9.17) is 10.5 Å². The van der Waals surface area contributed by atoms with Crippen LogP contribution in [0, 0.1) is 13.8 Å². The Morgan fingerprint density at radius 2 is 1.97 bits per heavy atom. The second kappa shape index (κ2) is 10.2. The van der Waals surface area contributed by atoms with Crippen molar-refractivity contribution in [2.75, 3.05) is 38.2 Å². The van der Waals surface area contributed by atoms with Gasteiger partial charge in [-0.15, -0.1) is 0 Å². The lowest BCUT2D eigenvalue weighted by molar-refractivity contribution is -0.127. The molecule has 0 aliphatic carbocycles. The zero-order valence-electron chi connectivity index (χ0n) is 21.3.